The Morgan fingerprint density at radius 2 is 1.68 bits per heavy atom. The highest BCUT2D eigenvalue weighted by molar-refractivity contribution is 6.39. The molecule has 2 N–H and O–H groups in total. The number of hydrogen-bond donors (Lipinski definition) is 2. The van der Waals surface area contributed by atoms with Crippen molar-refractivity contribution in [1.82, 2.24) is 9.99 Å². The number of hydrogen-bond acceptors (Lipinski definition) is 3. The monoisotopic (exact) mass is 394 g/mol. The van der Waals surface area contributed by atoms with Crippen LogP contribution in [0.15, 0.2) is 65.8 Å². The number of benzene rings is 2. The summed E-state index contributed by atoms with van der Waals surface area (Å²) in [5.74, 6) is -1.62. The van der Waals surface area contributed by atoms with E-state index in [1.807, 2.05) is 50.2 Å². The van der Waals surface area contributed by atoms with Crippen molar-refractivity contribution in [2.24, 2.45) is 5.10 Å². The van der Waals surface area contributed by atoms with Gasteiger partial charge in [0.1, 0.15) is 0 Å². The third-order valence-electron chi connectivity index (χ3n) is 4.16. The third kappa shape index (κ3) is 4.47. The maximum absolute atomic E-state index is 11.9. The molecule has 0 atom stereocenters. The molecule has 0 aliphatic carbocycles. The van der Waals surface area contributed by atoms with Crippen LogP contribution in [0.1, 0.15) is 17.0 Å². The second kappa shape index (κ2) is 8.54. The van der Waals surface area contributed by atoms with E-state index in [9.17, 15) is 9.59 Å². The van der Waals surface area contributed by atoms with E-state index < -0.39 is 11.8 Å². The smallest absolute Gasteiger partial charge is 0.318 e. The lowest BCUT2D eigenvalue weighted by atomic mass is 10.2. The first-order valence-corrected chi connectivity index (χ1v) is 8.98. The van der Waals surface area contributed by atoms with Crippen LogP contribution in [0, 0.1) is 13.8 Å². The summed E-state index contributed by atoms with van der Waals surface area (Å²) in [6, 6.07) is 18.2. The number of rotatable bonds is 4. The molecule has 0 aliphatic rings. The molecule has 0 saturated carbocycles. The molecule has 142 valence electrons. The predicted octanol–water partition coefficient (Wildman–Crippen LogP) is 3.84. The molecule has 3 rings (SSSR count). The number of halogens is 1. The minimum atomic E-state index is -0.841. The van der Waals surface area contributed by atoms with E-state index in [1.165, 1.54) is 6.21 Å². The second-order valence-electron chi connectivity index (χ2n) is 6.16. The Hall–Kier alpha value is -3.38. The predicted molar refractivity (Wildman–Crippen MR) is 111 cm³/mol. The fourth-order valence-corrected chi connectivity index (χ4v) is 2.95. The van der Waals surface area contributed by atoms with Gasteiger partial charge in [0.2, 0.25) is 0 Å². The molecule has 0 spiro atoms. The molecular weight excluding hydrogens is 376 g/mol. The van der Waals surface area contributed by atoms with Crippen molar-refractivity contribution >= 4 is 35.3 Å². The van der Waals surface area contributed by atoms with Crippen LogP contribution < -0.4 is 10.7 Å². The fourth-order valence-electron chi connectivity index (χ4n) is 2.83. The first-order valence-electron chi connectivity index (χ1n) is 8.60. The van der Waals surface area contributed by atoms with Crippen LogP contribution in [0.3, 0.4) is 0 Å². The van der Waals surface area contributed by atoms with Gasteiger partial charge in [-0.15, -0.1) is 0 Å². The number of carbonyl (C=O) groups excluding carboxylic acids is 2. The van der Waals surface area contributed by atoms with Gasteiger partial charge in [-0.05, 0) is 56.3 Å². The molecule has 0 aliphatic heterocycles. The molecule has 6 nitrogen and oxygen atoms in total. The van der Waals surface area contributed by atoms with Gasteiger partial charge in [-0.25, -0.2) is 5.43 Å². The minimum absolute atomic E-state index is 0.540. The topological polar surface area (TPSA) is 75.5 Å². The van der Waals surface area contributed by atoms with Crippen molar-refractivity contribution < 1.29 is 9.59 Å². The summed E-state index contributed by atoms with van der Waals surface area (Å²) in [4.78, 5) is 23.8. The summed E-state index contributed by atoms with van der Waals surface area (Å²) in [5.41, 5.74) is 6.55. The van der Waals surface area contributed by atoms with E-state index >= 15 is 0 Å². The van der Waals surface area contributed by atoms with Crippen LogP contribution >= 0.6 is 11.6 Å². The molecule has 0 unspecified atom stereocenters. The Morgan fingerprint density at radius 1 is 1.00 bits per heavy atom. The molecule has 3 aromatic rings. The average molecular weight is 395 g/mol. The molecule has 28 heavy (non-hydrogen) atoms. The molecule has 0 radical (unpaired) electrons. The maximum atomic E-state index is 11.9. The summed E-state index contributed by atoms with van der Waals surface area (Å²) in [6.45, 7) is 3.93. The lowest BCUT2D eigenvalue weighted by Gasteiger charge is -2.09. The molecule has 2 amide bonds. The van der Waals surface area contributed by atoms with Gasteiger partial charge in [0.25, 0.3) is 0 Å². The first-order chi connectivity index (χ1) is 13.5. The van der Waals surface area contributed by atoms with Crippen LogP contribution in [0.4, 0.5) is 5.69 Å². The fraction of sp³-hybridized carbons (Fsp3) is 0.0952. The Kier molecular flexibility index (Phi) is 5.91. The van der Waals surface area contributed by atoms with Crippen molar-refractivity contribution in [3.8, 4) is 5.69 Å². The van der Waals surface area contributed by atoms with Crippen LogP contribution in [0.2, 0.25) is 5.02 Å². The zero-order valence-corrected chi connectivity index (χ0v) is 16.2. The van der Waals surface area contributed by atoms with Crippen molar-refractivity contribution in [3.63, 3.8) is 0 Å². The van der Waals surface area contributed by atoms with E-state index in [4.69, 9.17) is 11.6 Å². The van der Waals surface area contributed by atoms with Gasteiger partial charge in [0.15, 0.2) is 0 Å². The molecule has 2 aromatic carbocycles. The van der Waals surface area contributed by atoms with Crippen LogP contribution in [-0.4, -0.2) is 22.6 Å². The van der Waals surface area contributed by atoms with E-state index in [2.05, 4.69) is 20.4 Å². The zero-order valence-electron chi connectivity index (χ0n) is 15.4. The van der Waals surface area contributed by atoms with Crippen LogP contribution in [0.5, 0.6) is 0 Å². The van der Waals surface area contributed by atoms with Crippen molar-refractivity contribution in [2.75, 3.05) is 5.32 Å². The minimum Gasteiger partial charge on any atom is -0.318 e. The Bertz CT molecular complexity index is 1020. The molecule has 7 heteroatoms. The number of amides is 2. The van der Waals surface area contributed by atoms with E-state index in [0.29, 0.717) is 10.7 Å². The highest BCUT2D eigenvalue weighted by Gasteiger charge is 2.13. The van der Waals surface area contributed by atoms with Gasteiger partial charge in [-0.2, -0.15) is 5.10 Å². The van der Waals surface area contributed by atoms with E-state index in [-0.39, 0.29) is 0 Å². The van der Waals surface area contributed by atoms with Crippen molar-refractivity contribution in [1.29, 1.82) is 0 Å². The highest BCUT2D eigenvalue weighted by atomic mass is 35.5. The van der Waals surface area contributed by atoms with Crippen molar-refractivity contribution in [2.45, 2.75) is 13.8 Å². The summed E-state index contributed by atoms with van der Waals surface area (Å²) >= 11 is 5.96. The zero-order chi connectivity index (χ0) is 20.1. The van der Waals surface area contributed by atoms with Gasteiger partial charge in [-0.3, -0.25) is 9.59 Å². The first kappa shape index (κ1) is 19.4. The van der Waals surface area contributed by atoms with Gasteiger partial charge in [0, 0.05) is 33.3 Å². The molecular formula is C21H19ClN4O2. The number of para-hydroxylation sites is 1. The quantitative estimate of drug-likeness (QED) is 0.401. The molecule has 0 bridgehead atoms. The lowest BCUT2D eigenvalue weighted by Crippen LogP contribution is -2.32. The van der Waals surface area contributed by atoms with Crippen LogP contribution in [-0.2, 0) is 9.59 Å². The van der Waals surface area contributed by atoms with Gasteiger partial charge >= 0.3 is 11.8 Å². The second-order valence-corrected chi connectivity index (χ2v) is 6.59. The Balaban J connectivity index is 1.67. The van der Waals surface area contributed by atoms with E-state index in [1.54, 1.807) is 24.3 Å². The maximum Gasteiger partial charge on any atom is 0.329 e. The number of nitrogens with one attached hydrogen (secondary N) is 2. The lowest BCUT2D eigenvalue weighted by molar-refractivity contribution is -0.136. The van der Waals surface area contributed by atoms with E-state index in [0.717, 1.165) is 22.6 Å². The average Bonchev–Trinajstić information content (AvgIpc) is 2.97. The number of hydrazone groups is 1. The Morgan fingerprint density at radius 3 is 2.36 bits per heavy atom. The number of aromatic nitrogens is 1. The molecule has 0 fully saturated rings. The number of anilines is 1. The molecule has 1 aromatic heterocycles. The molecule has 0 saturated heterocycles. The van der Waals surface area contributed by atoms with Gasteiger partial charge in [-0.1, -0.05) is 29.8 Å². The summed E-state index contributed by atoms with van der Waals surface area (Å²) in [7, 11) is 0. The largest absolute Gasteiger partial charge is 0.329 e. The van der Waals surface area contributed by atoms with Crippen molar-refractivity contribution in [3.05, 3.63) is 82.6 Å². The summed E-state index contributed by atoms with van der Waals surface area (Å²) in [6.07, 6.45) is 1.52. The number of nitrogens with zero attached hydrogens (tertiary/aromatic N) is 2. The van der Waals surface area contributed by atoms with Gasteiger partial charge in [0.05, 0.1) is 6.21 Å². The normalized spacial score (nSPS) is 10.8. The third-order valence-corrected chi connectivity index (χ3v) is 4.41. The SMILES string of the molecule is Cc1cc(/C=N\NC(=O)C(=O)Nc2ccccc2)c(C)n1-c1ccc(Cl)cc1. The van der Waals surface area contributed by atoms with Crippen LogP contribution in [0.25, 0.3) is 5.69 Å². The summed E-state index contributed by atoms with van der Waals surface area (Å²) in [5, 5.41) is 7.08. The van der Waals surface area contributed by atoms with Gasteiger partial charge < -0.3 is 9.88 Å². The Labute approximate surface area is 167 Å². The highest BCUT2D eigenvalue weighted by Crippen LogP contribution is 2.21. The number of carbonyl (C=O) groups is 2. The number of aryl methyl sites for hydroxylation is 1. The molecule has 1 heterocycles. The summed E-state index contributed by atoms with van der Waals surface area (Å²) < 4.78 is 2.06. The standard InChI is InChI=1S/C21H19ClN4O2/c1-14-12-16(15(2)26(14)19-10-8-17(22)9-11-19)13-23-25-21(28)20(27)24-18-6-4-3-5-7-18/h3-13H,1-2H3,(H,24,27)(H,25,28)/b23-13-.